The molecule has 0 spiro atoms. The van der Waals surface area contributed by atoms with Gasteiger partial charge in [-0.15, -0.1) is 11.3 Å². The summed E-state index contributed by atoms with van der Waals surface area (Å²) in [5.74, 6) is 0.824. The average molecular weight is 360 g/mol. The molecule has 25 heavy (non-hydrogen) atoms. The van der Waals surface area contributed by atoms with Crippen molar-refractivity contribution in [1.82, 2.24) is 20.5 Å². The van der Waals surface area contributed by atoms with Gasteiger partial charge in [0.05, 0.1) is 5.01 Å². The Morgan fingerprint density at radius 1 is 1.24 bits per heavy atom. The standard InChI is InChI=1S/C19H29N5S/c1-5-17-13-22-18(25-17)9-10-21-19(20-2)23-12-15-7-6-8-16(11-15)14-24(3)4/h6-8,11,13H,5,9-10,12,14H2,1-4H3,(H2,20,21,23). The van der Waals surface area contributed by atoms with Crippen LogP contribution in [0.4, 0.5) is 0 Å². The maximum absolute atomic E-state index is 4.45. The van der Waals surface area contributed by atoms with Crippen LogP contribution < -0.4 is 10.6 Å². The maximum Gasteiger partial charge on any atom is 0.191 e. The monoisotopic (exact) mass is 359 g/mol. The second kappa shape index (κ2) is 10.2. The minimum Gasteiger partial charge on any atom is -0.356 e. The van der Waals surface area contributed by atoms with Gasteiger partial charge in [-0.1, -0.05) is 31.2 Å². The highest BCUT2D eigenvalue weighted by Crippen LogP contribution is 2.13. The number of benzene rings is 1. The fourth-order valence-corrected chi connectivity index (χ4v) is 3.39. The highest BCUT2D eigenvalue weighted by Gasteiger charge is 2.03. The van der Waals surface area contributed by atoms with Crippen LogP contribution in [0, 0.1) is 0 Å². The van der Waals surface area contributed by atoms with Crippen LogP contribution in [-0.2, 0) is 25.9 Å². The summed E-state index contributed by atoms with van der Waals surface area (Å²) < 4.78 is 0. The van der Waals surface area contributed by atoms with Crippen LogP contribution in [0.2, 0.25) is 0 Å². The van der Waals surface area contributed by atoms with E-state index in [0.717, 1.165) is 38.4 Å². The van der Waals surface area contributed by atoms with Crippen LogP contribution >= 0.6 is 11.3 Å². The van der Waals surface area contributed by atoms with E-state index in [1.165, 1.54) is 21.0 Å². The van der Waals surface area contributed by atoms with E-state index in [0.29, 0.717) is 0 Å². The summed E-state index contributed by atoms with van der Waals surface area (Å²) in [7, 11) is 5.97. The Hall–Kier alpha value is -1.92. The van der Waals surface area contributed by atoms with Crippen molar-refractivity contribution >= 4 is 17.3 Å². The zero-order chi connectivity index (χ0) is 18.1. The van der Waals surface area contributed by atoms with E-state index in [1.807, 2.05) is 6.20 Å². The maximum atomic E-state index is 4.45. The highest BCUT2D eigenvalue weighted by atomic mass is 32.1. The summed E-state index contributed by atoms with van der Waals surface area (Å²) in [5.41, 5.74) is 2.58. The molecule has 0 aliphatic heterocycles. The molecule has 2 N–H and O–H groups in total. The van der Waals surface area contributed by atoms with Crippen molar-refractivity contribution in [2.45, 2.75) is 32.9 Å². The van der Waals surface area contributed by atoms with Crippen molar-refractivity contribution < 1.29 is 0 Å². The summed E-state index contributed by atoms with van der Waals surface area (Å²) in [5, 5.41) is 7.91. The van der Waals surface area contributed by atoms with Gasteiger partial charge in [-0.3, -0.25) is 4.99 Å². The van der Waals surface area contributed by atoms with Gasteiger partial charge in [-0.2, -0.15) is 0 Å². The van der Waals surface area contributed by atoms with Gasteiger partial charge in [-0.25, -0.2) is 4.98 Å². The quantitative estimate of drug-likeness (QED) is 0.562. The zero-order valence-corrected chi connectivity index (χ0v) is 16.5. The van der Waals surface area contributed by atoms with Crippen molar-refractivity contribution in [3.05, 3.63) is 51.5 Å². The Morgan fingerprint density at radius 2 is 2.04 bits per heavy atom. The number of hydrogen-bond acceptors (Lipinski definition) is 4. The smallest absolute Gasteiger partial charge is 0.191 e. The molecule has 0 aliphatic carbocycles. The minimum absolute atomic E-state index is 0.762. The van der Waals surface area contributed by atoms with Crippen LogP contribution in [0.25, 0.3) is 0 Å². The Bertz CT molecular complexity index is 678. The summed E-state index contributed by atoms with van der Waals surface area (Å²) in [6.07, 6.45) is 3.96. The first-order valence-electron chi connectivity index (χ1n) is 8.71. The predicted octanol–water partition coefficient (Wildman–Crippen LogP) is 2.67. The molecule has 136 valence electrons. The van der Waals surface area contributed by atoms with Gasteiger partial charge < -0.3 is 15.5 Å². The SMILES string of the molecule is CCc1cnc(CCNC(=NC)NCc2cccc(CN(C)C)c2)s1. The fraction of sp³-hybridized carbons (Fsp3) is 0.474. The van der Waals surface area contributed by atoms with Crippen LogP contribution in [0.5, 0.6) is 0 Å². The Morgan fingerprint density at radius 3 is 2.72 bits per heavy atom. The molecule has 1 heterocycles. The summed E-state index contributed by atoms with van der Waals surface area (Å²) in [4.78, 5) is 12.3. The van der Waals surface area contributed by atoms with Crippen LogP contribution in [0.15, 0.2) is 35.5 Å². The number of hydrogen-bond donors (Lipinski definition) is 2. The van der Waals surface area contributed by atoms with Crippen molar-refractivity contribution in [3.63, 3.8) is 0 Å². The van der Waals surface area contributed by atoms with Gasteiger partial charge in [-0.05, 0) is 31.6 Å². The molecule has 0 radical (unpaired) electrons. The number of aliphatic imine (C=N–C) groups is 1. The van der Waals surface area contributed by atoms with Crippen LogP contribution in [-0.4, -0.2) is 43.5 Å². The number of guanidine groups is 1. The molecule has 5 nitrogen and oxygen atoms in total. The number of aromatic nitrogens is 1. The van der Waals surface area contributed by atoms with Crippen molar-refractivity contribution in [1.29, 1.82) is 0 Å². The Kier molecular flexibility index (Phi) is 7.88. The largest absolute Gasteiger partial charge is 0.356 e. The molecular weight excluding hydrogens is 330 g/mol. The van der Waals surface area contributed by atoms with E-state index in [2.05, 4.69) is 70.8 Å². The molecule has 2 rings (SSSR count). The van der Waals surface area contributed by atoms with Crippen LogP contribution in [0.3, 0.4) is 0 Å². The van der Waals surface area contributed by atoms with Crippen molar-refractivity contribution in [2.24, 2.45) is 4.99 Å². The summed E-state index contributed by atoms with van der Waals surface area (Å²) in [6.45, 7) is 4.71. The van der Waals surface area contributed by atoms with Gasteiger partial charge in [0.1, 0.15) is 0 Å². The second-order valence-corrected chi connectivity index (χ2v) is 7.43. The highest BCUT2D eigenvalue weighted by molar-refractivity contribution is 7.11. The van der Waals surface area contributed by atoms with E-state index in [9.17, 15) is 0 Å². The first-order valence-corrected chi connectivity index (χ1v) is 9.53. The third kappa shape index (κ3) is 6.84. The average Bonchev–Trinajstić information content (AvgIpc) is 3.05. The molecular formula is C19H29N5S. The number of aryl methyl sites for hydroxylation is 1. The summed E-state index contributed by atoms with van der Waals surface area (Å²) >= 11 is 1.79. The molecule has 0 fully saturated rings. The third-order valence-electron chi connectivity index (χ3n) is 3.75. The van der Waals surface area contributed by atoms with E-state index in [1.54, 1.807) is 18.4 Å². The van der Waals surface area contributed by atoms with E-state index in [4.69, 9.17) is 0 Å². The predicted molar refractivity (Wildman–Crippen MR) is 107 cm³/mol. The normalized spacial score (nSPS) is 11.8. The zero-order valence-electron chi connectivity index (χ0n) is 15.7. The van der Waals surface area contributed by atoms with E-state index in [-0.39, 0.29) is 0 Å². The van der Waals surface area contributed by atoms with Crippen molar-refractivity contribution in [2.75, 3.05) is 27.7 Å². The third-order valence-corrected chi connectivity index (χ3v) is 4.96. The number of rotatable bonds is 8. The summed E-state index contributed by atoms with van der Waals surface area (Å²) in [6, 6.07) is 8.65. The lowest BCUT2D eigenvalue weighted by molar-refractivity contribution is 0.402. The van der Waals surface area contributed by atoms with Crippen LogP contribution in [0.1, 0.15) is 27.9 Å². The second-order valence-electron chi connectivity index (χ2n) is 6.23. The molecule has 0 unspecified atom stereocenters. The molecule has 2 aromatic rings. The lowest BCUT2D eigenvalue weighted by Crippen LogP contribution is -2.37. The molecule has 0 saturated heterocycles. The minimum atomic E-state index is 0.762. The lowest BCUT2D eigenvalue weighted by Gasteiger charge is -2.13. The molecule has 0 bridgehead atoms. The molecule has 0 saturated carbocycles. The van der Waals surface area contributed by atoms with Gasteiger partial charge >= 0.3 is 0 Å². The van der Waals surface area contributed by atoms with Crippen molar-refractivity contribution in [3.8, 4) is 0 Å². The first kappa shape index (κ1) is 19.4. The van der Waals surface area contributed by atoms with Gasteiger partial charge in [0.25, 0.3) is 0 Å². The van der Waals surface area contributed by atoms with Gasteiger partial charge in [0.15, 0.2) is 5.96 Å². The molecule has 1 aromatic heterocycles. The number of nitrogens with zero attached hydrogens (tertiary/aromatic N) is 3. The van der Waals surface area contributed by atoms with Gasteiger partial charge in [0, 0.05) is 44.2 Å². The molecule has 0 amide bonds. The first-order chi connectivity index (χ1) is 12.1. The number of nitrogens with one attached hydrogen (secondary N) is 2. The van der Waals surface area contributed by atoms with Gasteiger partial charge in [0.2, 0.25) is 0 Å². The molecule has 0 aliphatic rings. The Balaban J connectivity index is 1.78. The fourth-order valence-electron chi connectivity index (χ4n) is 2.52. The lowest BCUT2D eigenvalue weighted by atomic mass is 10.1. The Labute approximate surface area is 155 Å². The van der Waals surface area contributed by atoms with E-state index < -0.39 is 0 Å². The number of thiazole rings is 1. The van der Waals surface area contributed by atoms with E-state index >= 15 is 0 Å². The molecule has 1 aromatic carbocycles. The molecule has 0 atom stereocenters. The molecule has 6 heteroatoms. The topological polar surface area (TPSA) is 52.6 Å².